The van der Waals surface area contributed by atoms with E-state index in [0.29, 0.717) is 5.95 Å². The molecule has 176 valence electrons. The summed E-state index contributed by atoms with van der Waals surface area (Å²) >= 11 is 12.2. The van der Waals surface area contributed by atoms with Crippen molar-refractivity contribution in [2.24, 2.45) is 0 Å². The monoisotopic (exact) mass is 498 g/mol. The summed E-state index contributed by atoms with van der Waals surface area (Å²) in [5.41, 5.74) is 1.97. The first kappa shape index (κ1) is 25.2. The number of carbonyl (C=O) groups is 2. The molecule has 0 unspecified atom stereocenters. The molecule has 1 atom stereocenters. The molecule has 7 nitrogen and oxygen atoms in total. The number of nitrogens with one attached hydrogen (secondary N) is 1. The Labute approximate surface area is 208 Å². The van der Waals surface area contributed by atoms with Crippen LogP contribution in [-0.4, -0.2) is 41.5 Å². The number of halogens is 2. The summed E-state index contributed by atoms with van der Waals surface area (Å²) in [6.45, 7) is 1.90. The van der Waals surface area contributed by atoms with Gasteiger partial charge in [-0.15, -0.1) is 0 Å². The molecule has 0 aliphatic rings. The zero-order chi connectivity index (χ0) is 24.5. The van der Waals surface area contributed by atoms with Gasteiger partial charge in [-0.2, -0.15) is 0 Å². The topological polar surface area (TPSA) is 84.4 Å². The lowest BCUT2D eigenvalue weighted by Gasteiger charge is -2.17. The Morgan fingerprint density at radius 1 is 1.06 bits per heavy atom. The lowest BCUT2D eigenvalue weighted by atomic mass is 10.1. The highest BCUT2D eigenvalue weighted by Gasteiger charge is 2.24. The van der Waals surface area contributed by atoms with Crippen LogP contribution >= 0.6 is 23.2 Å². The molecule has 0 radical (unpaired) electrons. The molecule has 1 N–H and O–H groups in total. The van der Waals surface area contributed by atoms with E-state index in [0.717, 1.165) is 11.3 Å². The quantitative estimate of drug-likeness (QED) is 0.402. The number of benzene rings is 2. The summed E-state index contributed by atoms with van der Waals surface area (Å²) in [6, 6.07) is 13.4. The molecule has 0 spiro atoms. The van der Waals surface area contributed by atoms with Gasteiger partial charge in [0, 0.05) is 25.1 Å². The largest absolute Gasteiger partial charge is 0.464 e. The third kappa shape index (κ3) is 6.56. The molecule has 3 aromatic rings. The molecule has 1 amide bonds. The summed E-state index contributed by atoms with van der Waals surface area (Å²) in [5.74, 6) is -0.487. The predicted octanol–water partition coefficient (Wildman–Crippen LogP) is 5.32. The molecule has 0 bridgehead atoms. The van der Waals surface area contributed by atoms with E-state index in [1.165, 1.54) is 0 Å². The van der Waals surface area contributed by atoms with Crippen LogP contribution in [-0.2, 0) is 9.53 Å². The summed E-state index contributed by atoms with van der Waals surface area (Å²) in [6.07, 6.45) is 7.27. The lowest BCUT2D eigenvalue weighted by molar-refractivity contribution is -0.145. The van der Waals surface area contributed by atoms with Gasteiger partial charge in [0.05, 0.1) is 22.2 Å². The highest BCUT2D eigenvalue weighted by molar-refractivity contribution is 6.39. The van der Waals surface area contributed by atoms with Gasteiger partial charge in [0.25, 0.3) is 5.91 Å². The second-order valence-electron chi connectivity index (χ2n) is 7.21. The third-order valence-electron chi connectivity index (χ3n) is 4.88. The number of nitrogens with zero attached hydrogens (tertiary/aromatic N) is 3. The normalized spacial score (nSPS) is 11.8. The molecule has 0 aliphatic carbocycles. The van der Waals surface area contributed by atoms with Gasteiger partial charge in [-0.3, -0.25) is 4.79 Å². The Kier molecular flexibility index (Phi) is 9.01. The average Bonchev–Trinajstić information content (AvgIpc) is 2.84. The van der Waals surface area contributed by atoms with Gasteiger partial charge >= 0.3 is 5.97 Å². The maximum Gasteiger partial charge on any atom is 0.328 e. The van der Waals surface area contributed by atoms with Gasteiger partial charge in [0.1, 0.15) is 6.04 Å². The van der Waals surface area contributed by atoms with Crippen LogP contribution in [0.2, 0.25) is 10.0 Å². The highest BCUT2D eigenvalue weighted by atomic mass is 35.5. The lowest BCUT2D eigenvalue weighted by Crippen LogP contribution is -2.41. The minimum absolute atomic E-state index is 0.117. The predicted molar refractivity (Wildman–Crippen MR) is 135 cm³/mol. The number of ether oxygens (including phenoxy) is 1. The van der Waals surface area contributed by atoms with Gasteiger partial charge in [0.2, 0.25) is 5.95 Å². The van der Waals surface area contributed by atoms with Crippen molar-refractivity contribution in [2.75, 3.05) is 18.6 Å². The first-order valence-electron chi connectivity index (χ1n) is 10.6. The van der Waals surface area contributed by atoms with E-state index in [1.807, 2.05) is 42.3 Å². The molecule has 1 aromatic heterocycles. The molecule has 1 heterocycles. The number of carbonyl (C=O) groups excluding carboxylic acids is 2. The van der Waals surface area contributed by atoms with Gasteiger partial charge in [-0.1, -0.05) is 53.6 Å². The molecular weight excluding hydrogens is 475 g/mol. The van der Waals surface area contributed by atoms with Crippen molar-refractivity contribution in [3.8, 4) is 0 Å². The fourth-order valence-corrected chi connectivity index (χ4v) is 3.70. The Morgan fingerprint density at radius 3 is 2.32 bits per heavy atom. The van der Waals surface area contributed by atoms with Crippen molar-refractivity contribution in [3.05, 3.63) is 88.2 Å². The number of hydrogen-bond acceptors (Lipinski definition) is 6. The SMILES string of the molecule is CCOC(=O)[C@H](CC=Cc1ccc(N(C)c2ncccn2)cc1)NC(=O)c1c(Cl)cccc1Cl. The standard InChI is InChI=1S/C25H24Cl2N4O3/c1-3-34-24(33)21(30-23(32)22-19(26)8-5-9-20(22)27)10-4-7-17-11-13-18(14-12-17)31(2)25-28-15-6-16-29-25/h4-9,11-16,21H,3,10H2,1-2H3,(H,30,32)/t21-/m0/s1. The van der Waals surface area contributed by atoms with E-state index in [9.17, 15) is 9.59 Å². The molecule has 2 aromatic carbocycles. The van der Waals surface area contributed by atoms with Crippen LogP contribution in [0.1, 0.15) is 29.3 Å². The molecular formula is C25H24Cl2N4O3. The maximum atomic E-state index is 12.7. The first-order chi connectivity index (χ1) is 16.4. The zero-order valence-corrected chi connectivity index (χ0v) is 20.3. The summed E-state index contributed by atoms with van der Waals surface area (Å²) < 4.78 is 5.12. The minimum Gasteiger partial charge on any atom is -0.464 e. The van der Waals surface area contributed by atoms with Crippen molar-refractivity contribution in [2.45, 2.75) is 19.4 Å². The van der Waals surface area contributed by atoms with Crippen LogP contribution in [0.4, 0.5) is 11.6 Å². The van der Waals surface area contributed by atoms with E-state index < -0.39 is 17.9 Å². The van der Waals surface area contributed by atoms with Crippen LogP contribution in [0.15, 0.2) is 67.0 Å². The van der Waals surface area contributed by atoms with E-state index in [-0.39, 0.29) is 28.6 Å². The molecule has 0 saturated carbocycles. The molecule has 0 saturated heterocycles. The van der Waals surface area contributed by atoms with Crippen LogP contribution in [0.5, 0.6) is 0 Å². The van der Waals surface area contributed by atoms with Crippen molar-refractivity contribution in [1.82, 2.24) is 15.3 Å². The van der Waals surface area contributed by atoms with E-state index >= 15 is 0 Å². The number of aromatic nitrogens is 2. The average molecular weight is 499 g/mol. The molecule has 0 aliphatic heterocycles. The number of amides is 1. The number of rotatable bonds is 9. The fraction of sp³-hybridized carbons (Fsp3) is 0.200. The van der Waals surface area contributed by atoms with E-state index in [1.54, 1.807) is 49.7 Å². The Bertz CT molecular complexity index is 1130. The van der Waals surface area contributed by atoms with Crippen molar-refractivity contribution >= 4 is 52.8 Å². The number of anilines is 2. The molecule has 3 rings (SSSR count). The van der Waals surface area contributed by atoms with Crippen LogP contribution < -0.4 is 10.2 Å². The van der Waals surface area contributed by atoms with Gasteiger partial charge in [0.15, 0.2) is 0 Å². The van der Waals surface area contributed by atoms with Crippen LogP contribution in [0.3, 0.4) is 0 Å². The van der Waals surface area contributed by atoms with Crippen molar-refractivity contribution in [1.29, 1.82) is 0 Å². The van der Waals surface area contributed by atoms with Gasteiger partial charge in [-0.05, 0) is 49.2 Å². The molecule has 0 fully saturated rings. The van der Waals surface area contributed by atoms with Crippen molar-refractivity contribution in [3.63, 3.8) is 0 Å². The van der Waals surface area contributed by atoms with Crippen LogP contribution in [0, 0.1) is 0 Å². The number of hydrogen-bond donors (Lipinski definition) is 1. The van der Waals surface area contributed by atoms with E-state index in [2.05, 4.69) is 15.3 Å². The Balaban J connectivity index is 1.68. The van der Waals surface area contributed by atoms with Gasteiger partial charge in [-0.25, -0.2) is 14.8 Å². The molecule has 34 heavy (non-hydrogen) atoms. The maximum absolute atomic E-state index is 12.7. The molecule has 9 heteroatoms. The zero-order valence-electron chi connectivity index (χ0n) is 18.7. The van der Waals surface area contributed by atoms with Crippen molar-refractivity contribution < 1.29 is 14.3 Å². The fourth-order valence-electron chi connectivity index (χ4n) is 3.13. The smallest absolute Gasteiger partial charge is 0.328 e. The summed E-state index contributed by atoms with van der Waals surface area (Å²) in [7, 11) is 1.89. The first-order valence-corrected chi connectivity index (χ1v) is 11.3. The minimum atomic E-state index is -0.892. The highest BCUT2D eigenvalue weighted by Crippen LogP contribution is 2.24. The summed E-state index contributed by atoms with van der Waals surface area (Å²) in [5, 5.41) is 3.08. The summed E-state index contributed by atoms with van der Waals surface area (Å²) in [4.78, 5) is 35.5. The van der Waals surface area contributed by atoms with Crippen LogP contribution in [0.25, 0.3) is 6.08 Å². The second kappa shape index (κ2) is 12.2. The Morgan fingerprint density at radius 2 is 1.71 bits per heavy atom. The Hall–Kier alpha value is -3.42. The number of esters is 1. The van der Waals surface area contributed by atoms with E-state index in [4.69, 9.17) is 27.9 Å². The third-order valence-corrected chi connectivity index (χ3v) is 5.51. The second-order valence-corrected chi connectivity index (χ2v) is 8.03. The van der Waals surface area contributed by atoms with Gasteiger partial charge < -0.3 is 15.0 Å².